The van der Waals surface area contributed by atoms with Crippen LogP contribution >= 0.6 is 0 Å². The number of H-pyrrole nitrogens is 1. The Morgan fingerprint density at radius 1 is 0.897 bits per heavy atom. The van der Waals surface area contributed by atoms with Crippen molar-refractivity contribution in [1.82, 2.24) is 14.1 Å². The lowest BCUT2D eigenvalue weighted by Gasteiger charge is -2.09. The molecule has 5 nitrogen and oxygen atoms in total. The maximum atomic E-state index is 12.9. The fraction of sp³-hybridized carbons (Fsp3) is 0.125. The van der Waals surface area contributed by atoms with E-state index in [1.807, 2.05) is 30.3 Å². The Morgan fingerprint density at radius 2 is 1.66 bits per heavy atom. The van der Waals surface area contributed by atoms with Crippen molar-refractivity contribution in [2.45, 2.75) is 13.0 Å². The van der Waals surface area contributed by atoms with E-state index in [-0.39, 0.29) is 5.69 Å². The molecule has 0 aliphatic rings. The van der Waals surface area contributed by atoms with Gasteiger partial charge in [0.1, 0.15) is 0 Å². The van der Waals surface area contributed by atoms with Crippen LogP contribution in [0.3, 0.4) is 0 Å². The van der Waals surface area contributed by atoms with E-state index in [0.717, 1.165) is 51.6 Å². The van der Waals surface area contributed by atoms with Crippen LogP contribution in [-0.2, 0) is 6.54 Å². The topological polar surface area (TPSA) is 68.7 Å². The average molecular weight is 382 g/mol. The molecule has 5 heteroatoms. The maximum Gasteiger partial charge on any atom is 0.330 e. The molecule has 0 aliphatic heterocycles. The molecule has 0 spiro atoms. The zero-order valence-electron chi connectivity index (χ0n) is 16.0. The second kappa shape index (κ2) is 7.11. The Hall–Kier alpha value is -3.57. The number of nitrogens with zero attached hydrogens (tertiary/aromatic N) is 2. The molecule has 0 saturated heterocycles. The third-order valence-electron chi connectivity index (χ3n) is 5.45. The number of aromatic amines is 1. The van der Waals surface area contributed by atoms with E-state index in [0.29, 0.717) is 6.54 Å². The number of aryl methyl sites for hydroxylation is 1. The van der Waals surface area contributed by atoms with Gasteiger partial charge < -0.3 is 15.3 Å². The number of hydrogen-bond donors (Lipinski definition) is 2. The molecule has 144 valence electrons. The van der Waals surface area contributed by atoms with Gasteiger partial charge in [0.15, 0.2) is 0 Å². The number of nitrogens with one attached hydrogen (secondary N) is 1. The van der Waals surface area contributed by atoms with E-state index in [1.54, 1.807) is 10.8 Å². The minimum Gasteiger partial charge on any atom is -0.345 e. The first kappa shape index (κ1) is 17.5. The van der Waals surface area contributed by atoms with Crippen LogP contribution in [0.4, 0.5) is 0 Å². The van der Waals surface area contributed by atoms with Crippen molar-refractivity contribution in [3.8, 4) is 16.9 Å². The van der Waals surface area contributed by atoms with Crippen LogP contribution in [0.2, 0.25) is 0 Å². The van der Waals surface area contributed by atoms with Crippen LogP contribution in [0, 0.1) is 0 Å². The molecule has 0 fully saturated rings. The molecule has 0 atom stereocenters. The number of imidazole rings is 1. The third-order valence-corrected chi connectivity index (χ3v) is 5.45. The molecule has 3 N–H and O–H groups in total. The minimum atomic E-state index is -0.144. The van der Waals surface area contributed by atoms with Crippen molar-refractivity contribution in [3.05, 3.63) is 89.6 Å². The van der Waals surface area contributed by atoms with E-state index in [2.05, 4.69) is 52.1 Å². The Morgan fingerprint density at radius 3 is 2.52 bits per heavy atom. The molecular weight excluding hydrogens is 360 g/mol. The van der Waals surface area contributed by atoms with Gasteiger partial charge >= 0.3 is 5.69 Å². The third kappa shape index (κ3) is 2.87. The fourth-order valence-electron chi connectivity index (χ4n) is 4.11. The van der Waals surface area contributed by atoms with Gasteiger partial charge in [-0.25, -0.2) is 4.79 Å². The largest absolute Gasteiger partial charge is 0.345 e. The van der Waals surface area contributed by atoms with E-state index in [4.69, 9.17) is 5.73 Å². The van der Waals surface area contributed by atoms with Gasteiger partial charge in [0.25, 0.3) is 0 Å². The predicted molar refractivity (Wildman–Crippen MR) is 118 cm³/mol. The highest BCUT2D eigenvalue weighted by Crippen LogP contribution is 2.32. The molecule has 5 rings (SSSR count). The van der Waals surface area contributed by atoms with Crippen molar-refractivity contribution in [2.75, 3.05) is 6.54 Å². The molecule has 0 aliphatic carbocycles. The second-order valence-electron chi connectivity index (χ2n) is 7.21. The minimum absolute atomic E-state index is 0.144. The summed E-state index contributed by atoms with van der Waals surface area (Å²) in [6, 6.07) is 22.6. The first-order chi connectivity index (χ1) is 14.3. The molecule has 3 aromatic carbocycles. The molecule has 0 unspecified atom stereocenters. The van der Waals surface area contributed by atoms with Gasteiger partial charge in [0.05, 0.1) is 16.9 Å². The van der Waals surface area contributed by atoms with Gasteiger partial charge in [-0.15, -0.1) is 0 Å². The van der Waals surface area contributed by atoms with E-state index in [9.17, 15) is 4.79 Å². The van der Waals surface area contributed by atoms with Gasteiger partial charge in [0.2, 0.25) is 0 Å². The van der Waals surface area contributed by atoms with Gasteiger partial charge in [-0.2, -0.15) is 0 Å². The van der Waals surface area contributed by atoms with E-state index < -0.39 is 0 Å². The highest BCUT2D eigenvalue weighted by molar-refractivity contribution is 5.97. The molecule has 0 radical (unpaired) electrons. The van der Waals surface area contributed by atoms with Crippen molar-refractivity contribution in [1.29, 1.82) is 0 Å². The lowest BCUT2D eigenvalue weighted by Crippen LogP contribution is -2.15. The summed E-state index contributed by atoms with van der Waals surface area (Å²) >= 11 is 0. The Balaban J connectivity index is 1.77. The summed E-state index contributed by atoms with van der Waals surface area (Å²) in [6.45, 7) is 1.45. The number of fused-ring (bicyclic) bond motifs is 2. The number of hydrogen-bond acceptors (Lipinski definition) is 2. The standard InChI is InChI=1S/C24H22N4O/c25-13-6-14-27-16-23(20-10-3-4-12-21(20)27)28-22(15-26-24(28)29)19-11-5-8-17-7-1-2-9-18(17)19/h1-5,7-12,15-16H,6,13-14,25H2,(H,26,29). The molecule has 2 heterocycles. The first-order valence-electron chi connectivity index (χ1n) is 9.85. The lowest BCUT2D eigenvalue weighted by molar-refractivity contribution is 0.669. The average Bonchev–Trinajstić information content (AvgIpc) is 3.32. The predicted octanol–water partition coefficient (Wildman–Crippen LogP) is 4.29. The molecule has 0 bridgehead atoms. The summed E-state index contributed by atoms with van der Waals surface area (Å²) in [5.41, 5.74) is 9.45. The van der Waals surface area contributed by atoms with Crippen LogP contribution in [0.25, 0.3) is 38.6 Å². The van der Waals surface area contributed by atoms with Gasteiger partial charge in [-0.05, 0) is 29.8 Å². The number of nitrogens with two attached hydrogens (primary N) is 1. The Bertz CT molecular complexity index is 1370. The van der Waals surface area contributed by atoms with Gasteiger partial charge in [0, 0.05) is 29.9 Å². The molecule has 29 heavy (non-hydrogen) atoms. The first-order valence-corrected chi connectivity index (χ1v) is 9.85. The maximum absolute atomic E-state index is 12.9. The van der Waals surface area contributed by atoms with Crippen LogP contribution < -0.4 is 11.4 Å². The quantitative estimate of drug-likeness (QED) is 0.476. The Labute approximate surface area is 168 Å². The van der Waals surface area contributed by atoms with Crippen LogP contribution in [0.1, 0.15) is 6.42 Å². The number of rotatable bonds is 5. The highest BCUT2D eigenvalue weighted by Gasteiger charge is 2.17. The monoisotopic (exact) mass is 382 g/mol. The lowest BCUT2D eigenvalue weighted by atomic mass is 10.0. The SMILES string of the molecule is NCCCn1cc(-n2c(-c3cccc4ccccc34)c[nH]c2=O)c2ccccc21. The van der Waals surface area contributed by atoms with Crippen LogP contribution in [0.15, 0.2) is 83.9 Å². The van der Waals surface area contributed by atoms with Crippen LogP contribution in [-0.4, -0.2) is 20.7 Å². The van der Waals surface area contributed by atoms with Crippen molar-refractivity contribution < 1.29 is 0 Å². The van der Waals surface area contributed by atoms with Gasteiger partial charge in [-0.1, -0.05) is 60.7 Å². The number of para-hydroxylation sites is 1. The van der Waals surface area contributed by atoms with Gasteiger partial charge in [-0.3, -0.25) is 4.57 Å². The summed E-state index contributed by atoms with van der Waals surface area (Å²) < 4.78 is 3.97. The van der Waals surface area contributed by atoms with E-state index >= 15 is 0 Å². The summed E-state index contributed by atoms with van der Waals surface area (Å²) in [5.74, 6) is 0. The number of benzene rings is 3. The van der Waals surface area contributed by atoms with E-state index in [1.165, 1.54) is 0 Å². The summed E-state index contributed by atoms with van der Waals surface area (Å²) in [5, 5.41) is 3.32. The zero-order chi connectivity index (χ0) is 19.8. The normalized spacial score (nSPS) is 11.5. The highest BCUT2D eigenvalue weighted by atomic mass is 16.1. The van der Waals surface area contributed by atoms with Crippen molar-refractivity contribution >= 4 is 21.7 Å². The zero-order valence-corrected chi connectivity index (χ0v) is 16.0. The molecule has 0 saturated carbocycles. The number of aromatic nitrogens is 3. The summed E-state index contributed by atoms with van der Waals surface area (Å²) in [4.78, 5) is 15.8. The summed E-state index contributed by atoms with van der Waals surface area (Å²) in [7, 11) is 0. The smallest absolute Gasteiger partial charge is 0.330 e. The Kier molecular flexibility index (Phi) is 4.30. The fourth-order valence-corrected chi connectivity index (χ4v) is 4.11. The second-order valence-corrected chi connectivity index (χ2v) is 7.21. The van der Waals surface area contributed by atoms with Crippen LogP contribution in [0.5, 0.6) is 0 Å². The summed E-state index contributed by atoms with van der Waals surface area (Å²) in [6.07, 6.45) is 4.75. The molecular formula is C24H22N4O. The van der Waals surface area contributed by atoms with Crippen molar-refractivity contribution in [2.24, 2.45) is 5.73 Å². The van der Waals surface area contributed by atoms with Crippen molar-refractivity contribution in [3.63, 3.8) is 0 Å². The molecule has 2 aromatic heterocycles. The molecule has 0 amide bonds. The molecule has 5 aromatic rings.